The zero-order chi connectivity index (χ0) is 21.3. The minimum Gasteiger partial charge on any atom is -0.379 e. The van der Waals surface area contributed by atoms with Gasteiger partial charge in [-0.05, 0) is 110 Å². The molecule has 4 nitrogen and oxygen atoms in total. The van der Waals surface area contributed by atoms with Gasteiger partial charge < -0.3 is 18.9 Å². The molecule has 0 aromatic carbocycles. The largest absolute Gasteiger partial charge is 0.379 e. The number of ether oxygens (including phenoxy) is 4. The minimum atomic E-state index is 0.536. The highest BCUT2D eigenvalue weighted by Crippen LogP contribution is 2.38. The molecule has 6 aliphatic heterocycles. The lowest BCUT2D eigenvalue weighted by Gasteiger charge is -2.40. The summed E-state index contributed by atoms with van der Waals surface area (Å²) in [7, 11) is 0. The number of fused-ring (bicyclic) bond motifs is 5. The standard InChI is InChI=1S/C8H14O.C7H12O.C6H12O.C5H10O/c1-6-7-2-4-8(9-6)5-3-7;1-5-4-6-2-3-7(5)8-6;1-6-4-2-3-5-7-6;1-5-3-2-4-6-5/h6-8H,2-5H2,1H3;5-7H,2-4H2,1H3;6H,2-5H2,1H3;5H,2-4H2,1H3. The Balaban J connectivity index is 0.000000115. The molecule has 6 unspecified atom stereocenters. The van der Waals surface area contributed by atoms with Crippen molar-refractivity contribution in [1.82, 2.24) is 0 Å². The molecule has 0 aromatic rings. The highest BCUT2D eigenvalue weighted by Gasteiger charge is 2.37. The van der Waals surface area contributed by atoms with Crippen LogP contribution in [0.4, 0.5) is 0 Å². The van der Waals surface area contributed by atoms with Gasteiger partial charge in [0, 0.05) is 13.2 Å². The fourth-order valence-corrected chi connectivity index (χ4v) is 5.64. The van der Waals surface area contributed by atoms with Gasteiger partial charge in [-0.25, -0.2) is 0 Å². The molecule has 7 aliphatic rings. The van der Waals surface area contributed by atoms with E-state index in [1.807, 2.05) is 0 Å². The molecule has 0 amide bonds. The Morgan fingerprint density at radius 3 is 1.43 bits per heavy atom. The van der Waals surface area contributed by atoms with Crippen molar-refractivity contribution in [3.05, 3.63) is 0 Å². The normalized spacial score (nSPS) is 43.6. The van der Waals surface area contributed by atoms with Crippen LogP contribution in [0.5, 0.6) is 0 Å². The van der Waals surface area contributed by atoms with Gasteiger partial charge in [-0.3, -0.25) is 0 Å². The van der Waals surface area contributed by atoms with Crippen molar-refractivity contribution in [2.24, 2.45) is 11.8 Å². The van der Waals surface area contributed by atoms with E-state index in [1.54, 1.807) is 0 Å². The fourth-order valence-electron chi connectivity index (χ4n) is 5.64. The summed E-state index contributed by atoms with van der Waals surface area (Å²) in [5.41, 5.74) is 0. The summed E-state index contributed by atoms with van der Waals surface area (Å²) < 4.78 is 21.7. The van der Waals surface area contributed by atoms with Crippen LogP contribution in [0.3, 0.4) is 0 Å². The van der Waals surface area contributed by atoms with E-state index < -0.39 is 0 Å². The highest BCUT2D eigenvalue weighted by atomic mass is 16.5. The summed E-state index contributed by atoms with van der Waals surface area (Å²) in [5.74, 6) is 1.75. The van der Waals surface area contributed by atoms with Crippen LogP contribution < -0.4 is 0 Å². The Bertz CT molecular complexity index is 448. The molecule has 6 atom stereocenters. The van der Waals surface area contributed by atoms with Crippen molar-refractivity contribution in [2.75, 3.05) is 13.2 Å². The third-order valence-corrected chi connectivity index (χ3v) is 7.76. The molecule has 0 spiro atoms. The van der Waals surface area contributed by atoms with E-state index in [9.17, 15) is 0 Å². The van der Waals surface area contributed by atoms with Gasteiger partial charge in [-0.1, -0.05) is 6.92 Å². The lowest BCUT2D eigenvalue weighted by Crippen LogP contribution is -2.38. The predicted octanol–water partition coefficient (Wildman–Crippen LogP) is 6.30. The summed E-state index contributed by atoms with van der Waals surface area (Å²) in [6.07, 6.45) is 19.5. The van der Waals surface area contributed by atoms with Crippen molar-refractivity contribution in [3.63, 3.8) is 0 Å². The number of rotatable bonds is 0. The lowest BCUT2D eigenvalue weighted by molar-refractivity contribution is -0.115. The maximum Gasteiger partial charge on any atom is 0.0606 e. The zero-order valence-electron chi connectivity index (χ0n) is 20.2. The minimum absolute atomic E-state index is 0.536. The average Bonchev–Trinajstić information content (AvgIpc) is 3.50. The SMILES string of the molecule is CC1CC2CCC1O2.CC1CCCCO1.CC1CCCO1.CC1OC2CCC1CC2. The van der Waals surface area contributed by atoms with E-state index in [4.69, 9.17) is 18.9 Å². The first-order valence-corrected chi connectivity index (χ1v) is 13.1. The van der Waals surface area contributed by atoms with E-state index in [0.29, 0.717) is 36.6 Å². The molecule has 0 aromatic heterocycles. The number of hydrogen-bond acceptors (Lipinski definition) is 4. The van der Waals surface area contributed by atoms with Crippen molar-refractivity contribution in [3.8, 4) is 0 Å². The Hall–Kier alpha value is -0.160. The van der Waals surface area contributed by atoms with Gasteiger partial charge in [0.1, 0.15) is 0 Å². The summed E-state index contributed by atoms with van der Waals surface area (Å²) in [6.45, 7) is 10.7. The molecular weight excluding hydrogens is 376 g/mol. The predicted molar refractivity (Wildman–Crippen MR) is 122 cm³/mol. The molecule has 7 fully saturated rings. The van der Waals surface area contributed by atoms with Crippen molar-refractivity contribution < 1.29 is 18.9 Å². The van der Waals surface area contributed by atoms with Crippen molar-refractivity contribution in [1.29, 1.82) is 0 Å². The molecule has 4 heteroatoms. The molecule has 0 N–H and O–H groups in total. The molecule has 0 radical (unpaired) electrons. The Morgan fingerprint density at radius 2 is 1.20 bits per heavy atom. The second-order valence-corrected chi connectivity index (χ2v) is 10.5. The number of hydrogen-bond donors (Lipinski definition) is 0. The van der Waals surface area contributed by atoms with Gasteiger partial charge in [0.15, 0.2) is 0 Å². The van der Waals surface area contributed by atoms with E-state index in [0.717, 1.165) is 25.0 Å². The fraction of sp³-hybridized carbons (Fsp3) is 1.00. The van der Waals surface area contributed by atoms with Gasteiger partial charge in [-0.2, -0.15) is 0 Å². The maximum absolute atomic E-state index is 5.69. The zero-order valence-corrected chi connectivity index (χ0v) is 20.2. The van der Waals surface area contributed by atoms with Gasteiger partial charge in [0.25, 0.3) is 0 Å². The van der Waals surface area contributed by atoms with Gasteiger partial charge in [0.2, 0.25) is 0 Å². The Kier molecular flexibility index (Phi) is 10.4. The topological polar surface area (TPSA) is 36.9 Å². The van der Waals surface area contributed by atoms with Gasteiger partial charge in [-0.15, -0.1) is 0 Å². The van der Waals surface area contributed by atoms with Crippen LogP contribution in [0.1, 0.15) is 105 Å². The summed E-state index contributed by atoms with van der Waals surface area (Å²) in [5, 5.41) is 0. The van der Waals surface area contributed by atoms with E-state index in [2.05, 4.69) is 27.7 Å². The summed E-state index contributed by atoms with van der Waals surface area (Å²) >= 11 is 0. The monoisotopic (exact) mass is 424 g/mol. The molecule has 6 saturated heterocycles. The average molecular weight is 425 g/mol. The highest BCUT2D eigenvalue weighted by molar-refractivity contribution is 4.86. The summed E-state index contributed by atoms with van der Waals surface area (Å²) in [6, 6.07) is 0. The van der Waals surface area contributed by atoms with Crippen LogP contribution >= 0.6 is 0 Å². The first-order chi connectivity index (χ1) is 14.5. The quantitative estimate of drug-likeness (QED) is 0.457. The molecule has 4 bridgehead atoms. The summed E-state index contributed by atoms with van der Waals surface area (Å²) in [4.78, 5) is 0. The van der Waals surface area contributed by atoms with Crippen LogP contribution in [0.25, 0.3) is 0 Å². The third-order valence-electron chi connectivity index (χ3n) is 7.76. The van der Waals surface area contributed by atoms with Crippen molar-refractivity contribution >= 4 is 0 Å². The molecular formula is C26H48O4. The first kappa shape index (κ1) is 24.5. The van der Waals surface area contributed by atoms with Gasteiger partial charge in [0.05, 0.1) is 36.6 Å². The van der Waals surface area contributed by atoms with Crippen molar-refractivity contribution in [2.45, 2.75) is 141 Å². The Labute approximate surface area is 185 Å². The van der Waals surface area contributed by atoms with Crippen LogP contribution in [0.2, 0.25) is 0 Å². The second kappa shape index (κ2) is 12.8. The first-order valence-electron chi connectivity index (χ1n) is 13.1. The maximum atomic E-state index is 5.69. The lowest BCUT2D eigenvalue weighted by atomic mass is 9.81. The molecule has 1 aliphatic carbocycles. The van der Waals surface area contributed by atoms with Crippen LogP contribution in [-0.2, 0) is 18.9 Å². The van der Waals surface area contributed by atoms with E-state index >= 15 is 0 Å². The Morgan fingerprint density at radius 1 is 0.567 bits per heavy atom. The van der Waals surface area contributed by atoms with Crippen LogP contribution in [0, 0.1) is 11.8 Å². The van der Waals surface area contributed by atoms with Crippen LogP contribution in [0.15, 0.2) is 0 Å². The molecule has 176 valence electrons. The van der Waals surface area contributed by atoms with E-state index in [1.165, 1.54) is 77.0 Å². The molecule has 30 heavy (non-hydrogen) atoms. The molecule has 6 heterocycles. The van der Waals surface area contributed by atoms with Gasteiger partial charge >= 0.3 is 0 Å². The smallest absolute Gasteiger partial charge is 0.0606 e. The third kappa shape index (κ3) is 8.07. The molecule has 7 rings (SSSR count). The van der Waals surface area contributed by atoms with Crippen LogP contribution in [-0.4, -0.2) is 49.8 Å². The molecule has 1 saturated carbocycles. The second-order valence-electron chi connectivity index (χ2n) is 10.5. The van der Waals surface area contributed by atoms with E-state index in [-0.39, 0.29) is 0 Å².